The normalized spacial score (nSPS) is 53.3. The summed E-state index contributed by atoms with van der Waals surface area (Å²) in [4.78, 5) is 16.8. The van der Waals surface area contributed by atoms with Crippen LogP contribution >= 0.6 is 0 Å². The van der Waals surface area contributed by atoms with Crippen molar-refractivity contribution in [1.29, 1.82) is 0 Å². The Morgan fingerprint density at radius 1 is 0.846 bits per heavy atom. The van der Waals surface area contributed by atoms with Crippen LogP contribution in [0.4, 0.5) is 0 Å². The molecule has 6 rings (SSSR count). The Morgan fingerprint density at radius 3 is 2.23 bits per heavy atom. The van der Waals surface area contributed by atoms with Gasteiger partial charge in [0, 0.05) is 18.5 Å². The zero-order valence-electron chi connectivity index (χ0n) is 25.7. The van der Waals surface area contributed by atoms with Crippen LogP contribution in [0.25, 0.3) is 0 Å². The number of aliphatic hydroxyl groups excluding tert-OH is 2. The highest BCUT2D eigenvalue weighted by Gasteiger charge is 2.72. The third-order valence-electron chi connectivity index (χ3n) is 15.3. The molecule has 4 heteroatoms. The van der Waals surface area contributed by atoms with Crippen molar-refractivity contribution in [1.82, 2.24) is 4.90 Å². The number of allylic oxidation sites excluding steroid dienone is 1. The lowest BCUT2D eigenvalue weighted by molar-refractivity contribution is -0.253. The maximum atomic E-state index is 14.5. The summed E-state index contributed by atoms with van der Waals surface area (Å²) in [6, 6.07) is 0. The zero-order chi connectivity index (χ0) is 28.0. The molecule has 1 aliphatic heterocycles. The van der Waals surface area contributed by atoms with E-state index in [0.717, 1.165) is 51.6 Å². The fourth-order valence-corrected chi connectivity index (χ4v) is 12.9. The van der Waals surface area contributed by atoms with Gasteiger partial charge in [0.15, 0.2) is 0 Å². The molecule has 6 fully saturated rings. The molecule has 1 amide bonds. The molecule has 0 aromatic rings. The summed E-state index contributed by atoms with van der Waals surface area (Å²) in [6.45, 7) is 18.7. The first-order chi connectivity index (χ1) is 18.4. The molecule has 1 saturated heterocycles. The summed E-state index contributed by atoms with van der Waals surface area (Å²) in [7, 11) is 0. The second-order valence-electron chi connectivity index (χ2n) is 16.4. The van der Waals surface area contributed by atoms with Crippen LogP contribution in [0.5, 0.6) is 0 Å². The Kier molecular flexibility index (Phi) is 6.75. The lowest BCUT2D eigenvalue weighted by Gasteiger charge is -2.73. The summed E-state index contributed by atoms with van der Waals surface area (Å²) in [5.41, 5.74) is 1.32. The van der Waals surface area contributed by atoms with Gasteiger partial charge in [-0.3, -0.25) is 4.79 Å². The van der Waals surface area contributed by atoms with Gasteiger partial charge in [0.25, 0.3) is 0 Å². The monoisotopic (exact) mass is 539 g/mol. The van der Waals surface area contributed by atoms with Gasteiger partial charge in [-0.05, 0) is 136 Å². The first-order valence-corrected chi connectivity index (χ1v) is 16.6. The molecule has 0 radical (unpaired) electrons. The molecule has 4 nitrogen and oxygen atoms in total. The van der Waals surface area contributed by atoms with E-state index >= 15 is 0 Å². The molecule has 220 valence electrons. The van der Waals surface area contributed by atoms with Crippen molar-refractivity contribution in [3.63, 3.8) is 0 Å². The van der Waals surface area contributed by atoms with Gasteiger partial charge in [-0.25, -0.2) is 0 Å². The van der Waals surface area contributed by atoms with Gasteiger partial charge < -0.3 is 15.1 Å². The number of carbonyl (C=O) groups excluding carboxylic acids is 1. The Labute approximate surface area is 238 Å². The second kappa shape index (κ2) is 9.32. The number of aliphatic hydroxyl groups is 2. The minimum Gasteiger partial charge on any atom is -0.396 e. The topological polar surface area (TPSA) is 60.8 Å². The lowest BCUT2D eigenvalue weighted by atomic mass is 9.32. The van der Waals surface area contributed by atoms with Crippen molar-refractivity contribution in [2.24, 2.45) is 56.7 Å². The summed E-state index contributed by atoms with van der Waals surface area (Å²) >= 11 is 0. The predicted molar refractivity (Wildman–Crippen MR) is 157 cm³/mol. The first kappa shape index (κ1) is 28.3. The summed E-state index contributed by atoms with van der Waals surface area (Å²) in [5.74, 6) is 2.96. The largest absolute Gasteiger partial charge is 0.396 e. The van der Waals surface area contributed by atoms with Gasteiger partial charge in [0.2, 0.25) is 5.91 Å². The second-order valence-corrected chi connectivity index (χ2v) is 16.4. The van der Waals surface area contributed by atoms with Crippen molar-refractivity contribution in [3.05, 3.63) is 12.2 Å². The van der Waals surface area contributed by atoms with Crippen LogP contribution in [0.3, 0.4) is 0 Å². The van der Waals surface area contributed by atoms with Gasteiger partial charge in [0.1, 0.15) is 0 Å². The molecule has 0 aromatic heterocycles. The van der Waals surface area contributed by atoms with E-state index in [1.807, 2.05) is 0 Å². The highest BCUT2D eigenvalue weighted by molar-refractivity contribution is 5.84. The van der Waals surface area contributed by atoms with Crippen molar-refractivity contribution >= 4 is 5.91 Å². The van der Waals surface area contributed by atoms with Crippen LogP contribution in [0.2, 0.25) is 0 Å². The minimum absolute atomic E-state index is 0.0846. The molecule has 39 heavy (non-hydrogen) atoms. The number of amides is 1. The summed E-state index contributed by atoms with van der Waals surface area (Å²) < 4.78 is 0. The average Bonchev–Trinajstić information content (AvgIpc) is 3.33. The van der Waals surface area contributed by atoms with E-state index in [1.165, 1.54) is 50.5 Å². The molecule has 0 unspecified atom stereocenters. The average molecular weight is 540 g/mol. The quantitative estimate of drug-likeness (QED) is 0.380. The predicted octanol–water partition coefficient (Wildman–Crippen LogP) is 6.99. The molecule has 11 atom stereocenters. The Morgan fingerprint density at radius 2 is 1.56 bits per heavy atom. The third kappa shape index (κ3) is 3.58. The zero-order valence-corrected chi connectivity index (χ0v) is 25.7. The summed E-state index contributed by atoms with van der Waals surface area (Å²) in [6.07, 6.45) is 14.2. The Bertz CT molecular complexity index is 1000. The highest BCUT2D eigenvalue weighted by Crippen LogP contribution is 2.77. The Balaban J connectivity index is 1.38. The van der Waals surface area contributed by atoms with Gasteiger partial charge in [0.05, 0.1) is 18.1 Å². The van der Waals surface area contributed by atoms with Gasteiger partial charge >= 0.3 is 0 Å². The standard InChI is InChI=1S/C35H57NO3/c1-23(2)24-12-17-35(30(39)36-20-8-7-9-21-36)19-18-33(5)25(29(24)35)10-11-27-31(3)15-14-28(38)32(4,22-37)26(31)13-16-34(27,33)6/h24-29,37-38H,1,7-22H2,2-6H3/t24-,25+,26+,27+,28-,29+,31-,32-,33+,34+,35-/m0/s1. The fourth-order valence-electron chi connectivity index (χ4n) is 12.9. The maximum Gasteiger partial charge on any atom is 0.229 e. The van der Waals surface area contributed by atoms with Crippen LogP contribution in [-0.2, 0) is 4.79 Å². The lowest BCUT2D eigenvalue weighted by Crippen LogP contribution is -2.68. The van der Waals surface area contributed by atoms with E-state index in [4.69, 9.17) is 0 Å². The molecule has 5 aliphatic carbocycles. The number of hydrogen-bond acceptors (Lipinski definition) is 3. The summed E-state index contributed by atoms with van der Waals surface area (Å²) in [5, 5.41) is 21.6. The number of likely N-dealkylation sites (tertiary alicyclic amines) is 1. The van der Waals surface area contributed by atoms with Gasteiger partial charge in [-0.15, -0.1) is 0 Å². The van der Waals surface area contributed by atoms with Crippen LogP contribution in [0.15, 0.2) is 12.2 Å². The van der Waals surface area contributed by atoms with Gasteiger partial charge in [-0.1, -0.05) is 39.8 Å². The van der Waals surface area contributed by atoms with Crippen molar-refractivity contribution < 1.29 is 15.0 Å². The van der Waals surface area contributed by atoms with E-state index in [0.29, 0.717) is 35.5 Å². The Hall–Kier alpha value is -0.870. The highest BCUT2D eigenvalue weighted by atomic mass is 16.3. The maximum absolute atomic E-state index is 14.5. The molecule has 0 spiro atoms. The van der Waals surface area contributed by atoms with E-state index in [2.05, 4.69) is 46.1 Å². The number of piperidine rings is 1. The van der Waals surface area contributed by atoms with Crippen LogP contribution in [0.1, 0.15) is 118 Å². The molecule has 6 aliphatic rings. The molecular weight excluding hydrogens is 482 g/mol. The SMILES string of the molecule is C=C(C)[C@@H]1CC[C@]2(C(=O)N3CCCCC3)CC[C@]3(C)[C@H](CC[C@@H]4[C@@]5(C)CC[C@H](O)[C@@](C)(CO)[C@@H]5CC[C@]43C)[C@@H]12. The van der Waals surface area contributed by atoms with Crippen LogP contribution in [-0.4, -0.2) is 46.8 Å². The number of rotatable bonds is 3. The van der Waals surface area contributed by atoms with Crippen molar-refractivity contribution in [2.45, 2.75) is 124 Å². The van der Waals surface area contributed by atoms with E-state index in [-0.39, 0.29) is 28.3 Å². The molecular formula is C35H57NO3. The number of carbonyl (C=O) groups is 1. The number of hydrogen-bond donors (Lipinski definition) is 2. The molecule has 5 saturated carbocycles. The number of nitrogens with zero attached hydrogens (tertiary/aromatic N) is 1. The van der Waals surface area contributed by atoms with E-state index in [9.17, 15) is 15.0 Å². The fraction of sp³-hybridized carbons (Fsp3) is 0.914. The number of fused-ring (bicyclic) bond motifs is 7. The minimum atomic E-state index is -0.400. The first-order valence-electron chi connectivity index (χ1n) is 16.6. The third-order valence-corrected chi connectivity index (χ3v) is 15.3. The van der Waals surface area contributed by atoms with E-state index in [1.54, 1.807) is 0 Å². The smallest absolute Gasteiger partial charge is 0.229 e. The molecule has 0 bridgehead atoms. The van der Waals surface area contributed by atoms with Crippen LogP contribution in [0, 0.1) is 56.7 Å². The molecule has 1 heterocycles. The van der Waals surface area contributed by atoms with Crippen molar-refractivity contribution in [2.75, 3.05) is 19.7 Å². The van der Waals surface area contributed by atoms with Crippen LogP contribution < -0.4 is 0 Å². The van der Waals surface area contributed by atoms with Crippen molar-refractivity contribution in [3.8, 4) is 0 Å². The molecule has 0 aromatic carbocycles. The molecule has 2 N–H and O–H groups in total. The van der Waals surface area contributed by atoms with E-state index < -0.39 is 11.5 Å². The van der Waals surface area contributed by atoms with Gasteiger partial charge in [-0.2, -0.15) is 0 Å².